The van der Waals surface area contributed by atoms with Crippen LogP contribution < -0.4 is 0 Å². The lowest BCUT2D eigenvalue weighted by atomic mass is 9.88. The highest BCUT2D eigenvalue weighted by atomic mass is 79.9. The molecule has 0 fully saturated rings. The number of hydrogen-bond donors (Lipinski definition) is 0. The van der Waals surface area contributed by atoms with Gasteiger partial charge in [0.25, 0.3) is 0 Å². The summed E-state index contributed by atoms with van der Waals surface area (Å²) in [4.78, 5) is 18.0. The number of hydrogen-bond acceptors (Lipinski definition) is 4. The fourth-order valence-corrected chi connectivity index (χ4v) is 3.09. The number of esters is 1. The van der Waals surface area contributed by atoms with Gasteiger partial charge in [-0.3, -0.25) is 0 Å². The number of nitrogens with zero attached hydrogens (tertiary/aromatic N) is 1. The number of methoxy groups -OCH3 is 1. The van der Waals surface area contributed by atoms with Crippen LogP contribution in [0, 0.1) is 0 Å². The molecule has 1 heterocycles. The van der Waals surface area contributed by atoms with Crippen molar-refractivity contribution in [1.29, 1.82) is 0 Å². The van der Waals surface area contributed by atoms with Crippen molar-refractivity contribution in [3.63, 3.8) is 0 Å². The second-order valence-electron chi connectivity index (χ2n) is 5.46. The minimum Gasteiger partial charge on any atom is -0.466 e. The maximum Gasteiger partial charge on any atom is 0.353 e. The fraction of sp³-hybridized carbons (Fsp3) is 0.222. The Morgan fingerprint density at radius 3 is 2.74 bits per heavy atom. The fourth-order valence-electron chi connectivity index (χ4n) is 2.69. The van der Waals surface area contributed by atoms with Crippen LogP contribution in [0.2, 0.25) is 0 Å². The quantitative estimate of drug-likeness (QED) is 0.767. The molecule has 1 unspecified atom stereocenters. The molecule has 0 N–H and O–H groups in total. The highest BCUT2D eigenvalue weighted by Crippen LogP contribution is 2.32. The molecule has 0 spiro atoms. The summed E-state index contributed by atoms with van der Waals surface area (Å²) in [5.74, 6) is -0.407. The molecule has 0 amide bonds. The van der Waals surface area contributed by atoms with Gasteiger partial charge in [-0.05, 0) is 17.7 Å². The lowest BCUT2D eigenvalue weighted by molar-refractivity contribution is -0.166. The Morgan fingerprint density at radius 1 is 1.26 bits per heavy atom. The predicted molar refractivity (Wildman–Crippen MR) is 91.3 cm³/mol. The maximum absolute atomic E-state index is 12.4. The molecule has 0 saturated carbocycles. The molecule has 0 saturated heterocycles. The molecule has 3 rings (SSSR count). The van der Waals surface area contributed by atoms with Gasteiger partial charge < -0.3 is 9.57 Å². The third kappa shape index (κ3) is 3.29. The molecule has 118 valence electrons. The number of oxime groups is 1. The van der Waals surface area contributed by atoms with E-state index in [0.29, 0.717) is 12.8 Å². The summed E-state index contributed by atoms with van der Waals surface area (Å²) in [5.41, 5.74) is 1.57. The summed E-state index contributed by atoms with van der Waals surface area (Å²) in [6.45, 7) is 0. The largest absolute Gasteiger partial charge is 0.466 e. The van der Waals surface area contributed by atoms with Gasteiger partial charge in [0.15, 0.2) is 0 Å². The van der Waals surface area contributed by atoms with Crippen LogP contribution in [0.1, 0.15) is 17.5 Å². The van der Waals surface area contributed by atoms with Crippen LogP contribution in [0.25, 0.3) is 0 Å². The molecule has 2 aromatic rings. The van der Waals surface area contributed by atoms with Crippen molar-refractivity contribution >= 4 is 27.6 Å². The molecule has 0 radical (unpaired) electrons. The molecule has 2 aromatic carbocycles. The van der Waals surface area contributed by atoms with Crippen LogP contribution in [0.5, 0.6) is 0 Å². The predicted octanol–water partition coefficient (Wildman–Crippen LogP) is 3.73. The van der Waals surface area contributed by atoms with Crippen molar-refractivity contribution in [2.45, 2.75) is 18.4 Å². The summed E-state index contributed by atoms with van der Waals surface area (Å²) in [5, 5.41) is 4.16. The van der Waals surface area contributed by atoms with Gasteiger partial charge in [-0.1, -0.05) is 63.6 Å². The Kier molecular flexibility index (Phi) is 4.48. The molecule has 0 aliphatic carbocycles. The number of rotatable bonds is 4. The SMILES string of the molecule is COC(=O)C1(Cc2ccccc2)CC(c2cccc(Br)c2)=NO1. The number of carbonyl (C=O) groups is 1. The minimum atomic E-state index is -1.10. The van der Waals surface area contributed by atoms with Gasteiger partial charge in [-0.25, -0.2) is 4.79 Å². The molecule has 4 nitrogen and oxygen atoms in total. The van der Waals surface area contributed by atoms with E-state index in [2.05, 4.69) is 21.1 Å². The van der Waals surface area contributed by atoms with Crippen molar-refractivity contribution in [2.24, 2.45) is 5.16 Å². The molecule has 1 atom stereocenters. The van der Waals surface area contributed by atoms with Crippen LogP contribution in [0.3, 0.4) is 0 Å². The summed E-state index contributed by atoms with van der Waals surface area (Å²) < 4.78 is 5.93. The Balaban J connectivity index is 1.87. The van der Waals surface area contributed by atoms with Crippen LogP contribution in [-0.4, -0.2) is 24.4 Å². The van der Waals surface area contributed by atoms with E-state index >= 15 is 0 Å². The lowest BCUT2D eigenvalue weighted by Crippen LogP contribution is -2.42. The Hall–Kier alpha value is -2.14. The third-order valence-electron chi connectivity index (χ3n) is 3.83. The zero-order valence-electron chi connectivity index (χ0n) is 12.7. The van der Waals surface area contributed by atoms with Gasteiger partial charge in [0.1, 0.15) is 0 Å². The third-order valence-corrected chi connectivity index (χ3v) is 4.32. The van der Waals surface area contributed by atoms with Crippen LogP contribution in [-0.2, 0) is 20.8 Å². The standard InChI is InChI=1S/C18H16BrNO3/c1-22-17(21)18(11-13-6-3-2-4-7-13)12-16(20-23-18)14-8-5-9-15(19)10-14/h2-10H,11-12H2,1H3. The van der Waals surface area contributed by atoms with E-state index in [9.17, 15) is 4.79 Å². The average molecular weight is 374 g/mol. The van der Waals surface area contributed by atoms with E-state index in [1.165, 1.54) is 7.11 Å². The van der Waals surface area contributed by atoms with Gasteiger partial charge in [0, 0.05) is 22.9 Å². The van der Waals surface area contributed by atoms with Crippen LogP contribution >= 0.6 is 15.9 Å². The van der Waals surface area contributed by atoms with E-state index in [4.69, 9.17) is 9.57 Å². The molecule has 1 aliphatic heterocycles. The number of carbonyl (C=O) groups excluding carboxylic acids is 1. The van der Waals surface area contributed by atoms with E-state index in [0.717, 1.165) is 21.3 Å². The highest BCUT2D eigenvalue weighted by molar-refractivity contribution is 9.10. The number of halogens is 1. The number of ether oxygens (including phenoxy) is 1. The van der Waals surface area contributed by atoms with E-state index in [-0.39, 0.29) is 0 Å². The summed E-state index contributed by atoms with van der Waals surface area (Å²) in [6.07, 6.45) is 0.798. The highest BCUT2D eigenvalue weighted by Gasteiger charge is 2.48. The first kappa shape index (κ1) is 15.7. The van der Waals surface area contributed by atoms with Gasteiger partial charge in [0.2, 0.25) is 5.60 Å². The molecule has 5 heteroatoms. The van der Waals surface area contributed by atoms with Crippen molar-refractivity contribution in [1.82, 2.24) is 0 Å². The van der Waals surface area contributed by atoms with Crippen LogP contribution in [0.15, 0.2) is 64.2 Å². The van der Waals surface area contributed by atoms with E-state index < -0.39 is 11.6 Å². The Labute approximate surface area is 143 Å². The normalized spacial score (nSPS) is 19.8. The first-order chi connectivity index (χ1) is 11.1. The van der Waals surface area contributed by atoms with Gasteiger partial charge in [-0.2, -0.15) is 0 Å². The van der Waals surface area contributed by atoms with Gasteiger partial charge in [0.05, 0.1) is 12.8 Å². The van der Waals surface area contributed by atoms with E-state index in [1.54, 1.807) is 0 Å². The number of benzene rings is 2. The maximum atomic E-state index is 12.4. The summed E-state index contributed by atoms with van der Waals surface area (Å²) in [6, 6.07) is 17.5. The van der Waals surface area contributed by atoms with Crippen molar-refractivity contribution in [2.75, 3.05) is 7.11 Å². The average Bonchev–Trinajstić information content (AvgIpc) is 3.00. The van der Waals surface area contributed by atoms with Crippen molar-refractivity contribution < 1.29 is 14.4 Å². The molecule has 23 heavy (non-hydrogen) atoms. The zero-order valence-corrected chi connectivity index (χ0v) is 14.2. The zero-order chi connectivity index (χ0) is 16.3. The molecular formula is C18H16BrNO3. The Bertz CT molecular complexity index is 745. The lowest BCUT2D eigenvalue weighted by Gasteiger charge is -2.23. The van der Waals surface area contributed by atoms with Crippen molar-refractivity contribution in [3.8, 4) is 0 Å². The van der Waals surface area contributed by atoms with E-state index in [1.807, 2.05) is 54.6 Å². The minimum absolute atomic E-state index is 0.380. The van der Waals surface area contributed by atoms with Crippen LogP contribution in [0.4, 0.5) is 0 Å². The molecule has 1 aliphatic rings. The van der Waals surface area contributed by atoms with Gasteiger partial charge >= 0.3 is 5.97 Å². The molecular weight excluding hydrogens is 358 g/mol. The topological polar surface area (TPSA) is 47.9 Å². The van der Waals surface area contributed by atoms with Crippen molar-refractivity contribution in [3.05, 3.63) is 70.2 Å². The first-order valence-corrected chi connectivity index (χ1v) is 8.06. The molecule has 0 bridgehead atoms. The monoisotopic (exact) mass is 373 g/mol. The smallest absolute Gasteiger partial charge is 0.353 e. The molecule has 0 aromatic heterocycles. The first-order valence-electron chi connectivity index (χ1n) is 7.26. The second-order valence-corrected chi connectivity index (χ2v) is 6.38. The summed E-state index contributed by atoms with van der Waals surface area (Å²) in [7, 11) is 1.37. The Morgan fingerprint density at radius 2 is 2.04 bits per heavy atom. The summed E-state index contributed by atoms with van der Waals surface area (Å²) >= 11 is 3.45. The second kappa shape index (κ2) is 6.54. The van der Waals surface area contributed by atoms with Gasteiger partial charge in [-0.15, -0.1) is 0 Å².